The number of furan rings is 1. The highest BCUT2D eigenvalue weighted by atomic mass is 32.1. The molecule has 5 nitrogen and oxygen atoms in total. The number of hydrogen-bond acceptors (Lipinski definition) is 6. The van der Waals surface area contributed by atoms with Crippen molar-refractivity contribution in [2.75, 3.05) is 5.43 Å². The fraction of sp³-hybridized carbons (Fsp3) is 0.312. The number of hydrazone groups is 1. The van der Waals surface area contributed by atoms with Gasteiger partial charge in [-0.05, 0) is 46.2 Å². The molecule has 0 fully saturated rings. The highest BCUT2D eigenvalue weighted by Crippen LogP contribution is 2.32. The number of thiophene rings is 1. The van der Waals surface area contributed by atoms with Gasteiger partial charge in [0.2, 0.25) is 0 Å². The lowest BCUT2D eigenvalue weighted by Gasteiger charge is -2.04. The molecule has 3 heterocycles. The second-order valence-electron chi connectivity index (χ2n) is 5.32. The van der Waals surface area contributed by atoms with Crippen molar-refractivity contribution in [2.45, 2.75) is 34.6 Å². The summed E-state index contributed by atoms with van der Waals surface area (Å²) in [4.78, 5) is 10.9. The van der Waals surface area contributed by atoms with Crippen molar-refractivity contribution in [1.29, 1.82) is 0 Å². The van der Waals surface area contributed by atoms with E-state index in [4.69, 9.17) is 4.42 Å². The highest BCUT2D eigenvalue weighted by Gasteiger charge is 2.12. The molecule has 0 atom stereocenters. The molecule has 1 N–H and O–H groups in total. The Bertz CT molecular complexity index is 876. The first-order valence-corrected chi connectivity index (χ1v) is 7.87. The zero-order valence-electron chi connectivity index (χ0n) is 13.3. The van der Waals surface area contributed by atoms with Crippen LogP contribution >= 0.6 is 11.3 Å². The zero-order valence-corrected chi connectivity index (χ0v) is 14.1. The summed E-state index contributed by atoms with van der Waals surface area (Å²) in [6.07, 6.45) is 1.57. The van der Waals surface area contributed by atoms with Gasteiger partial charge in [-0.25, -0.2) is 9.97 Å². The van der Waals surface area contributed by atoms with Gasteiger partial charge in [0, 0.05) is 10.4 Å². The van der Waals surface area contributed by atoms with E-state index in [0.29, 0.717) is 0 Å². The first-order valence-electron chi connectivity index (χ1n) is 7.05. The Morgan fingerprint density at radius 3 is 2.68 bits per heavy atom. The normalized spacial score (nSPS) is 12.1. The molecule has 0 aliphatic heterocycles. The minimum absolute atomic E-state index is 0.740. The van der Waals surface area contributed by atoms with Crippen molar-refractivity contribution in [1.82, 2.24) is 9.97 Å². The number of nitrogens with one attached hydrogen (secondary N) is 1. The Kier molecular flexibility index (Phi) is 3.70. The fourth-order valence-corrected chi connectivity index (χ4v) is 3.45. The zero-order chi connectivity index (χ0) is 15.9. The number of aromatic nitrogens is 2. The van der Waals surface area contributed by atoms with E-state index in [1.54, 1.807) is 17.7 Å². The van der Waals surface area contributed by atoms with Crippen LogP contribution < -0.4 is 5.43 Å². The largest absolute Gasteiger partial charge is 0.466 e. The van der Waals surface area contributed by atoms with Crippen LogP contribution in [0.1, 0.15) is 34.4 Å². The van der Waals surface area contributed by atoms with E-state index in [1.807, 2.05) is 26.8 Å². The molecule has 0 unspecified atom stereocenters. The molecule has 3 aromatic rings. The molecule has 0 radical (unpaired) electrons. The maximum absolute atomic E-state index is 5.55. The molecule has 22 heavy (non-hydrogen) atoms. The SMILES string of the molecule is C/C(=N/Nc1ncnc2sc(C)c(C)c12)c1cc(C)oc1C. The Hall–Kier alpha value is -2.21. The minimum Gasteiger partial charge on any atom is -0.466 e. The van der Waals surface area contributed by atoms with Crippen molar-refractivity contribution >= 4 is 33.1 Å². The van der Waals surface area contributed by atoms with Crippen LogP contribution in [-0.4, -0.2) is 15.7 Å². The summed E-state index contributed by atoms with van der Waals surface area (Å²) in [7, 11) is 0. The van der Waals surface area contributed by atoms with E-state index in [-0.39, 0.29) is 0 Å². The van der Waals surface area contributed by atoms with Crippen LogP contribution in [0, 0.1) is 27.7 Å². The van der Waals surface area contributed by atoms with Crippen molar-refractivity contribution in [2.24, 2.45) is 5.10 Å². The lowest BCUT2D eigenvalue weighted by atomic mass is 10.2. The van der Waals surface area contributed by atoms with E-state index >= 15 is 0 Å². The number of fused-ring (bicyclic) bond motifs is 1. The van der Waals surface area contributed by atoms with Crippen molar-refractivity contribution < 1.29 is 4.42 Å². The third kappa shape index (κ3) is 2.50. The van der Waals surface area contributed by atoms with E-state index in [2.05, 4.69) is 34.3 Å². The topological polar surface area (TPSA) is 63.3 Å². The molecule has 0 spiro atoms. The molecule has 3 aromatic heterocycles. The van der Waals surface area contributed by atoms with Gasteiger partial charge in [-0.15, -0.1) is 11.3 Å². The van der Waals surface area contributed by atoms with Crippen LogP contribution in [0.3, 0.4) is 0 Å². The van der Waals surface area contributed by atoms with Crippen LogP contribution in [0.4, 0.5) is 5.82 Å². The van der Waals surface area contributed by atoms with Gasteiger partial charge < -0.3 is 4.42 Å². The van der Waals surface area contributed by atoms with Gasteiger partial charge in [0.25, 0.3) is 0 Å². The summed E-state index contributed by atoms with van der Waals surface area (Å²) in [5, 5.41) is 5.50. The van der Waals surface area contributed by atoms with Crippen LogP contribution in [0.2, 0.25) is 0 Å². The molecule has 0 bridgehead atoms. The second-order valence-corrected chi connectivity index (χ2v) is 6.52. The second kappa shape index (κ2) is 5.53. The first kappa shape index (κ1) is 14.7. The maximum Gasteiger partial charge on any atom is 0.158 e. The molecule has 0 aliphatic carbocycles. The van der Waals surface area contributed by atoms with Gasteiger partial charge in [0.1, 0.15) is 22.7 Å². The molecule has 0 saturated carbocycles. The fourth-order valence-electron chi connectivity index (χ4n) is 2.45. The number of aryl methyl sites for hydroxylation is 4. The van der Waals surface area contributed by atoms with Gasteiger partial charge in [0.15, 0.2) is 5.82 Å². The summed E-state index contributed by atoms with van der Waals surface area (Å²) in [6, 6.07) is 1.99. The molecular formula is C16H18N4OS. The van der Waals surface area contributed by atoms with Crippen LogP contribution in [0.25, 0.3) is 10.2 Å². The third-order valence-corrected chi connectivity index (χ3v) is 4.84. The van der Waals surface area contributed by atoms with Gasteiger partial charge in [-0.1, -0.05) is 0 Å². The van der Waals surface area contributed by atoms with Crippen LogP contribution in [0.5, 0.6) is 0 Å². The maximum atomic E-state index is 5.55. The Balaban J connectivity index is 1.97. The van der Waals surface area contributed by atoms with Gasteiger partial charge in [-0.3, -0.25) is 5.43 Å². The monoisotopic (exact) mass is 314 g/mol. The quantitative estimate of drug-likeness (QED) is 0.576. The van der Waals surface area contributed by atoms with Crippen LogP contribution in [0.15, 0.2) is 21.9 Å². The minimum atomic E-state index is 0.740. The third-order valence-electron chi connectivity index (χ3n) is 3.73. The standard InChI is InChI=1S/C16H18N4OS/c1-8-6-13(11(4)21-8)10(3)19-20-15-14-9(2)12(5)22-16(14)18-7-17-15/h6-7H,1-5H3,(H,17,18,20)/b19-10-. The molecule has 0 aromatic carbocycles. The predicted molar refractivity (Wildman–Crippen MR) is 90.9 cm³/mol. The summed E-state index contributed by atoms with van der Waals surface area (Å²) < 4.78 is 5.55. The van der Waals surface area contributed by atoms with E-state index in [9.17, 15) is 0 Å². The molecule has 0 amide bonds. The Labute approximate surface area is 133 Å². The van der Waals surface area contributed by atoms with E-state index < -0.39 is 0 Å². The summed E-state index contributed by atoms with van der Waals surface area (Å²) in [5.74, 6) is 2.50. The lowest BCUT2D eigenvalue weighted by Crippen LogP contribution is -2.01. The van der Waals surface area contributed by atoms with E-state index in [0.717, 1.165) is 38.8 Å². The summed E-state index contributed by atoms with van der Waals surface area (Å²) >= 11 is 1.67. The number of nitrogens with zero attached hydrogens (tertiary/aromatic N) is 3. The lowest BCUT2D eigenvalue weighted by molar-refractivity contribution is 0.504. The molecule has 6 heteroatoms. The van der Waals surface area contributed by atoms with Gasteiger partial charge in [0.05, 0.1) is 11.1 Å². The molecule has 114 valence electrons. The average Bonchev–Trinajstić information content (AvgIpc) is 2.96. The van der Waals surface area contributed by atoms with E-state index in [1.165, 1.54) is 10.4 Å². The van der Waals surface area contributed by atoms with Crippen molar-refractivity contribution in [3.8, 4) is 0 Å². The summed E-state index contributed by atoms with van der Waals surface area (Å²) in [5.41, 5.74) is 6.15. The predicted octanol–water partition coefficient (Wildman–Crippen LogP) is 4.35. The van der Waals surface area contributed by atoms with Crippen molar-refractivity contribution in [3.63, 3.8) is 0 Å². The number of rotatable bonds is 3. The molecule has 0 saturated heterocycles. The molecular weight excluding hydrogens is 296 g/mol. The van der Waals surface area contributed by atoms with Gasteiger partial charge >= 0.3 is 0 Å². The average molecular weight is 314 g/mol. The summed E-state index contributed by atoms with van der Waals surface area (Å²) in [6.45, 7) is 10.0. The number of anilines is 1. The van der Waals surface area contributed by atoms with Gasteiger partial charge in [-0.2, -0.15) is 5.10 Å². The van der Waals surface area contributed by atoms with Crippen molar-refractivity contribution in [3.05, 3.63) is 39.9 Å². The Morgan fingerprint density at radius 1 is 1.23 bits per heavy atom. The molecule has 0 aliphatic rings. The molecule has 3 rings (SSSR count). The highest BCUT2D eigenvalue weighted by molar-refractivity contribution is 7.18. The smallest absolute Gasteiger partial charge is 0.158 e. The van der Waals surface area contributed by atoms with Crippen LogP contribution in [-0.2, 0) is 0 Å². The number of hydrogen-bond donors (Lipinski definition) is 1. The first-order chi connectivity index (χ1) is 10.5. The Morgan fingerprint density at radius 2 is 2.00 bits per heavy atom.